The van der Waals surface area contributed by atoms with Crippen molar-refractivity contribution >= 4 is 27.4 Å². The molecular formula is C22H26FN3O3S. The first-order valence-electron chi connectivity index (χ1n) is 10.3. The number of hydrogen-bond donors (Lipinski definition) is 2. The molecule has 2 N–H and O–H groups in total. The van der Waals surface area contributed by atoms with Gasteiger partial charge in [0.2, 0.25) is 0 Å². The summed E-state index contributed by atoms with van der Waals surface area (Å²) >= 11 is 0. The van der Waals surface area contributed by atoms with Crippen molar-refractivity contribution in [2.75, 3.05) is 16.2 Å². The molecule has 0 bridgehead atoms. The number of nitrogens with zero attached hydrogens (tertiary/aromatic N) is 1. The number of halogens is 1. The van der Waals surface area contributed by atoms with E-state index in [1.54, 1.807) is 24.0 Å². The van der Waals surface area contributed by atoms with Crippen LogP contribution in [0.1, 0.15) is 43.2 Å². The van der Waals surface area contributed by atoms with Gasteiger partial charge in [-0.3, -0.25) is 9.62 Å². The highest BCUT2D eigenvalue weighted by Gasteiger charge is 2.28. The Bertz CT molecular complexity index is 1070. The first-order chi connectivity index (χ1) is 14.3. The first kappa shape index (κ1) is 20.7. The largest absolute Gasteiger partial charge is 0.335 e. The Morgan fingerprint density at radius 1 is 1.10 bits per heavy atom. The predicted octanol–water partition coefficient (Wildman–Crippen LogP) is 4.34. The average Bonchev–Trinajstić information content (AvgIpc) is 3.14. The van der Waals surface area contributed by atoms with Crippen LogP contribution in [-0.4, -0.2) is 27.0 Å². The van der Waals surface area contributed by atoms with Crippen LogP contribution in [-0.2, 0) is 16.4 Å². The molecule has 4 rings (SSSR count). The standard InChI is InChI=1S/C22H26FN3O3S/c1-15-13-17(23)7-9-20(15)25-30(28,29)19-8-10-21-16(14-19)11-12-26(21)22(27)24-18-5-3-2-4-6-18/h7-10,13-14,18,25H,2-6,11-12H2,1H3,(H,24,27). The summed E-state index contributed by atoms with van der Waals surface area (Å²) in [6, 6.07) is 8.83. The number of sulfonamides is 1. The number of carbonyl (C=O) groups is 1. The van der Waals surface area contributed by atoms with Crippen molar-refractivity contribution in [1.82, 2.24) is 5.32 Å². The summed E-state index contributed by atoms with van der Waals surface area (Å²) in [5.41, 5.74) is 2.42. The van der Waals surface area contributed by atoms with Crippen LogP contribution in [0.3, 0.4) is 0 Å². The maximum absolute atomic E-state index is 13.3. The average molecular weight is 432 g/mol. The number of fused-ring (bicyclic) bond motifs is 1. The maximum atomic E-state index is 13.3. The van der Waals surface area contributed by atoms with Gasteiger partial charge >= 0.3 is 6.03 Å². The van der Waals surface area contributed by atoms with Crippen molar-refractivity contribution in [1.29, 1.82) is 0 Å². The smallest absolute Gasteiger partial charge is 0.322 e. The van der Waals surface area contributed by atoms with E-state index in [1.807, 2.05) is 0 Å². The molecule has 0 radical (unpaired) electrons. The summed E-state index contributed by atoms with van der Waals surface area (Å²) in [5.74, 6) is -0.417. The van der Waals surface area contributed by atoms with E-state index in [-0.39, 0.29) is 17.0 Å². The maximum Gasteiger partial charge on any atom is 0.322 e. The fourth-order valence-electron chi connectivity index (χ4n) is 4.20. The van der Waals surface area contributed by atoms with E-state index < -0.39 is 15.8 Å². The molecule has 1 aliphatic carbocycles. The molecule has 2 aromatic rings. The van der Waals surface area contributed by atoms with Gasteiger partial charge in [-0.15, -0.1) is 0 Å². The molecule has 0 atom stereocenters. The number of hydrogen-bond acceptors (Lipinski definition) is 3. The van der Waals surface area contributed by atoms with Crippen LogP contribution in [0, 0.1) is 12.7 Å². The van der Waals surface area contributed by atoms with Crippen molar-refractivity contribution in [3.05, 3.63) is 53.3 Å². The summed E-state index contributed by atoms with van der Waals surface area (Å²) in [5, 5.41) is 3.12. The highest BCUT2D eigenvalue weighted by atomic mass is 32.2. The third-order valence-electron chi connectivity index (χ3n) is 5.87. The second-order valence-corrected chi connectivity index (χ2v) is 9.72. The van der Waals surface area contributed by atoms with Crippen molar-refractivity contribution in [3.8, 4) is 0 Å². The van der Waals surface area contributed by atoms with Gasteiger partial charge in [0.1, 0.15) is 5.82 Å². The zero-order chi connectivity index (χ0) is 21.3. The Morgan fingerprint density at radius 2 is 1.87 bits per heavy atom. The van der Waals surface area contributed by atoms with Crippen LogP contribution < -0.4 is 14.9 Å². The number of amides is 2. The van der Waals surface area contributed by atoms with Crippen LogP contribution in [0.2, 0.25) is 0 Å². The number of anilines is 2. The minimum atomic E-state index is -3.82. The molecule has 30 heavy (non-hydrogen) atoms. The lowest BCUT2D eigenvalue weighted by atomic mass is 9.96. The molecule has 2 aromatic carbocycles. The van der Waals surface area contributed by atoms with Crippen LogP contribution in [0.15, 0.2) is 41.3 Å². The number of rotatable bonds is 4. The minimum absolute atomic E-state index is 0.115. The molecule has 0 saturated heterocycles. The second-order valence-electron chi connectivity index (χ2n) is 8.04. The lowest BCUT2D eigenvalue weighted by molar-refractivity contribution is 0.238. The highest BCUT2D eigenvalue weighted by molar-refractivity contribution is 7.92. The fourth-order valence-corrected chi connectivity index (χ4v) is 5.38. The number of nitrogens with one attached hydrogen (secondary N) is 2. The molecule has 160 valence electrons. The van der Waals surface area contributed by atoms with E-state index in [2.05, 4.69) is 10.0 Å². The van der Waals surface area contributed by atoms with E-state index >= 15 is 0 Å². The molecule has 2 amide bonds. The Hall–Kier alpha value is -2.61. The normalized spacial score (nSPS) is 16.9. The van der Waals surface area contributed by atoms with Crippen molar-refractivity contribution in [2.45, 2.75) is 56.4 Å². The third-order valence-corrected chi connectivity index (χ3v) is 7.23. The van der Waals surface area contributed by atoms with Gasteiger partial charge in [0.05, 0.1) is 10.6 Å². The first-order valence-corrected chi connectivity index (χ1v) is 11.8. The topological polar surface area (TPSA) is 78.5 Å². The van der Waals surface area contributed by atoms with Crippen LogP contribution in [0.5, 0.6) is 0 Å². The monoisotopic (exact) mass is 431 g/mol. The fraction of sp³-hybridized carbons (Fsp3) is 0.409. The van der Waals surface area contributed by atoms with E-state index in [0.717, 1.165) is 36.9 Å². The molecule has 1 fully saturated rings. The number of aryl methyl sites for hydroxylation is 1. The minimum Gasteiger partial charge on any atom is -0.335 e. The number of urea groups is 1. The molecule has 1 heterocycles. The molecular weight excluding hydrogens is 405 g/mol. The van der Waals surface area contributed by atoms with Crippen LogP contribution in [0.25, 0.3) is 0 Å². The van der Waals surface area contributed by atoms with Gasteiger partial charge in [0.25, 0.3) is 10.0 Å². The zero-order valence-electron chi connectivity index (χ0n) is 16.9. The quantitative estimate of drug-likeness (QED) is 0.756. The van der Waals surface area contributed by atoms with Crippen molar-refractivity contribution in [2.24, 2.45) is 0 Å². The molecule has 8 heteroatoms. The number of carbonyl (C=O) groups excluding carboxylic acids is 1. The molecule has 0 spiro atoms. The SMILES string of the molecule is Cc1cc(F)ccc1NS(=O)(=O)c1ccc2c(c1)CCN2C(=O)NC1CCCCC1. The Balaban J connectivity index is 1.50. The molecule has 2 aliphatic rings. The summed E-state index contributed by atoms with van der Waals surface area (Å²) in [6.45, 7) is 2.17. The van der Waals surface area contributed by atoms with E-state index in [9.17, 15) is 17.6 Å². The zero-order valence-corrected chi connectivity index (χ0v) is 17.8. The van der Waals surface area contributed by atoms with Gasteiger partial charge in [-0.05, 0) is 73.7 Å². The van der Waals surface area contributed by atoms with Gasteiger partial charge in [-0.2, -0.15) is 0 Å². The highest BCUT2D eigenvalue weighted by Crippen LogP contribution is 2.31. The summed E-state index contributed by atoms with van der Waals surface area (Å²) in [4.78, 5) is 14.5. The summed E-state index contributed by atoms with van der Waals surface area (Å²) < 4.78 is 41.4. The van der Waals surface area contributed by atoms with E-state index in [4.69, 9.17) is 0 Å². The van der Waals surface area contributed by atoms with Crippen LogP contribution >= 0.6 is 0 Å². The van der Waals surface area contributed by atoms with Gasteiger partial charge in [0.15, 0.2) is 0 Å². The Morgan fingerprint density at radius 3 is 2.60 bits per heavy atom. The molecule has 0 unspecified atom stereocenters. The lowest BCUT2D eigenvalue weighted by Crippen LogP contribution is -2.45. The van der Waals surface area contributed by atoms with Gasteiger partial charge in [-0.25, -0.2) is 17.6 Å². The lowest BCUT2D eigenvalue weighted by Gasteiger charge is -2.26. The molecule has 0 aromatic heterocycles. The van der Waals surface area contributed by atoms with Crippen molar-refractivity contribution < 1.29 is 17.6 Å². The van der Waals surface area contributed by atoms with Gasteiger partial charge in [-0.1, -0.05) is 19.3 Å². The van der Waals surface area contributed by atoms with E-state index in [0.29, 0.717) is 24.2 Å². The summed E-state index contributed by atoms with van der Waals surface area (Å²) in [7, 11) is -3.82. The third kappa shape index (κ3) is 4.28. The van der Waals surface area contributed by atoms with E-state index in [1.165, 1.54) is 30.7 Å². The van der Waals surface area contributed by atoms with Crippen molar-refractivity contribution in [3.63, 3.8) is 0 Å². The van der Waals surface area contributed by atoms with Crippen LogP contribution in [0.4, 0.5) is 20.6 Å². The molecule has 1 aliphatic heterocycles. The second kappa shape index (κ2) is 8.26. The van der Waals surface area contributed by atoms with Gasteiger partial charge < -0.3 is 5.32 Å². The van der Waals surface area contributed by atoms with Gasteiger partial charge in [0, 0.05) is 18.3 Å². The summed E-state index contributed by atoms with van der Waals surface area (Å²) in [6.07, 6.45) is 6.14. The molecule has 1 saturated carbocycles. The number of benzene rings is 2. The Kier molecular flexibility index (Phi) is 5.69. The predicted molar refractivity (Wildman–Crippen MR) is 115 cm³/mol. The molecule has 6 nitrogen and oxygen atoms in total. The Labute approximate surface area is 176 Å².